The Kier molecular flexibility index (Phi) is 6.79. The van der Waals surface area contributed by atoms with Crippen LogP contribution in [0.2, 0.25) is 0 Å². The second kappa shape index (κ2) is 8.87. The van der Waals surface area contributed by atoms with E-state index in [4.69, 9.17) is 0 Å². The van der Waals surface area contributed by atoms with Crippen molar-refractivity contribution in [1.29, 1.82) is 0 Å². The number of carbonyl (C=O) groups is 1. The molecule has 0 aliphatic rings. The first-order valence-electron chi connectivity index (χ1n) is 8.57. The predicted molar refractivity (Wildman–Crippen MR) is 100 cm³/mol. The minimum atomic E-state index is -4.66. The molecular weight excluding hydrogens is 375 g/mol. The lowest BCUT2D eigenvalue weighted by Crippen LogP contribution is -2.30. The second-order valence-corrected chi connectivity index (χ2v) is 6.52. The van der Waals surface area contributed by atoms with Gasteiger partial charge in [0.1, 0.15) is 5.82 Å². The molecule has 0 radical (unpaired) electrons. The Morgan fingerprint density at radius 3 is 2.25 bits per heavy atom. The maximum Gasteiger partial charge on any atom is 0.433 e. The molecule has 0 aliphatic heterocycles. The zero-order chi connectivity index (χ0) is 20.9. The van der Waals surface area contributed by atoms with E-state index < -0.39 is 17.9 Å². The average molecular weight is 397 g/mol. The third kappa shape index (κ3) is 6.08. The Morgan fingerprint density at radius 1 is 1.14 bits per heavy atom. The van der Waals surface area contributed by atoms with Crippen LogP contribution in [0.4, 0.5) is 36.3 Å². The molecule has 4 N–H and O–H groups in total. The molecule has 2 rings (SSSR count). The van der Waals surface area contributed by atoms with E-state index in [1.54, 1.807) is 24.3 Å². The van der Waals surface area contributed by atoms with E-state index in [1.807, 2.05) is 13.8 Å². The third-order valence-electron chi connectivity index (χ3n) is 3.81. The number of carbonyl (C=O) groups excluding carboxylic acids is 1. The van der Waals surface area contributed by atoms with Gasteiger partial charge in [0, 0.05) is 24.4 Å². The van der Waals surface area contributed by atoms with Gasteiger partial charge in [-0.05, 0) is 30.2 Å². The van der Waals surface area contributed by atoms with Crippen LogP contribution < -0.4 is 16.0 Å². The van der Waals surface area contributed by atoms with Gasteiger partial charge in [-0.3, -0.25) is 4.79 Å². The Bertz CT molecular complexity index is 810. The number of aliphatic hydroxyl groups excluding tert-OH is 1. The van der Waals surface area contributed by atoms with Gasteiger partial charge in [0.2, 0.25) is 11.9 Å². The largest absolute Gasteiger partial charge is 0.433 e. The third-order valence-corrected chi connectivity index (χ3v) is 3.81. The highest BCUT2D eigenvalue weighted by atomic mass is 19.4. The van der Waals surface area contributed by atoms with E-state index in [0.717, 1.165) is 6.07 Å². The molecule has 0 aliphatic carbocycles. The van der Waals surface area contributed by atoms with E-state index in [9.17, 15) is 23.1 Å². The number of amides is 1. The van der Waals surface area contributed by atoms with E-state index in [1.165, 1.54) is 6.92 Å². The van der Waals surface area contributed by atoms with Crippen molar-refractivity contribution in [2.45, 2.75) is 33.0 Å². The minimum absolute atomic E-state index is 0.0409. The lowest BCUT2D eigenvalue weighted by atomic mass is 10.1. The molecule has 28 heavy (non-hydrogen) atoms. The molecular formula is C18H22F3N5O2. The number of aromatic nitrogens is 2. The summed E-state index contributed by atoms with van der Waals surface area (Å²) in [6.45, 7) is 4.73. The van der Waals surface area contributed by atoms with E-state index in [-0.39, 0.29) is 30.2 Å². The van der Waals surface area contributed by atoms with Gasteiger partial charge in [-0.25, -0.2) is 4.98 Å². The molecule has 0 unspecified atom stereocenters. The van der Waals surface area contributed by atoms with Gasteiger partial charge in [0.25, 0.3) is 0 Å². The molecule has 10 heteroatoms. The number of benzene rings is 1. The van der Waals surface area contributed by atoms with Crippen LogP contribution in [-0.4, -0.2) is 33.6 Å². The van der Waals surface area contributed by atoms with Crippen LogP contribution in [0.5, 0.6) is 0 Å². The summed E-state index contributed by atoms with van der Waals surface area (Å²) in [5.41, 5.74) is -0.0703. The van der Waals surface area contributed by atoms with Crippen molar-refractivity contribution in [3.63, 3.8) is 0 Å². The molecule has 1 atom stereocenters. The summed E-state index contributed by atoms with van der Waals surface area (Å²) >= 11 is 0. The monoisotopic (exact) mass is 397 g/mol. The molecule has 0 bridgehead atoms. The standard InChI is InChI=1S/C18H22F3N5O2/c1-10(2)14(9-27)24-17-25-15(18(19,20)21)8-16(26-17)23-13-6-4-12(5-7-13)22-11(3)28/h4-8,10,14,27H,9H2,1-3H3,(H,22,28)(H2,23,24,25,26)/t14-/m0/s1. The van der Waals surface area contributed by atoms with Gasteiger partial charge in [-0.2, -0.15) is 18.2 Å². The highest BCUT2D eigenvalue weighted by Crippen LogP contribution is 2.31. The van der Waals surface area contributed by atoms with Gasteiger partial charge < -0.3 is 21.1 Å². The first kappa shape index (κ1) is 21.4. The molecule has 1 aromatic heterocycles. The van der Waals surface area contributed by atoms with Crippen molar-refractivity contribution in [1.82, 2.24) is 9.97 Å². The molecule has 2 aromatic rings. The van der Waals surface area contributed by atoms with E-state index in [2.05, 4.69) is 25.9 Å². The quantitative estimate of drug-likeness (QED) is 0.570. The van der Waals surface area contributed by atoms with Crippen LogP contribution in [0.3, 0.4) is 0 Å². The fraction of sp³-hybridized carbons (Fsp3) is 0.389. The van der Waals surface area contributed by atoms with Crippen LogP contribution in [0.1, 0.15) is 26.5 Å². The van der Waals surface area contributed by atoms with Crippen LogP contribution in [0, 0.1) is 5.92 Å². The molecule has 1 amide bonds. The normalized spacial score (nSPS) is 12.6. The second-order valence-electron chi connectivity index (χ2n) is 6.52. The summed E-state index contributed by atoms with van der Waals surface area (Å²) < 4.78 is 39.6. The van der Waals surface area contributed by atoms with Gasteiger partial charge >= 0.3 is 6.18 Å². The van der Waals surface area contributed by atoms with Gasteiger partial charge in [-0.1, -0.05) is 13.8 Å². The minimum Gasteiger partial charge on any atom is -0.394 e. The summed E-state index contributed by atoms with van der Waals surface area (Å²) in [7, 11) is 0. The topological polar surface area (TPSA) is 99.2 Å². The first-order valence-corrected chi connectivity index (χ1v) is 8.57. The summed E-state index contributed by atoms with van der Waals surface area (Å²) in [6.07, 6.45) is -4.66. The SMILES string of the molecule is CC(=O)Nc1ccc(Nc2cc(C(F)(F)F)nc(N[C@@H](CO)C(C)C)n2)cc1. The number of alkyl halides is 3. The van der Waals surface area contributed by atoms with E-state index in [0.29, 0.717) is 11.4 Å². The first-order chi connectivity index (χ1) is 13.1. The number of anilines is 4. The van der Waals surface area contributed by atoms with Crippen molar-refractivity contribution in [3.05, 3.63) is 36.0 Å². The maximum absolute atomic E-state index is 13.2. The van der Waals surface area contributed by atoms with Gasteiger partial charge in [-0.15, -0.1) is 0 Å². The number of hydrogen-bond acceptors (Lipinski definition) is 6. The molecule has 0 saturated heterocycles. The van der Waals surface area contributed by atoms with Crippen LogP contribution in [0.25, 0.3) is 0 Å². The van der Waals surface area contributed by atoms with Gasteiger partial charge in [0.15, 0.2) is 5.69 Å². The van der Waals surface area contributed by atoms with Crippen LogP contribution in [0.15, 0.2) is 30.3 Å². The Balaban J connectivity index is 2.29. The Morgan fingerprint density at radius 2 is 1.75 bits per heavy atom. The lowest BCUT2D eigenvalue weighted by Gasteiger charge is -2.21. The van der Waals surface area contributed by atoms with Crippen molar-refractivity contribution in [2.75, 3.05) is 22.6 Å². The van der Waals surface area contributed by atoms with Crippen molar-refractivity contribution < 1.29 is 23.1 Å². The number of nitrogens with one attached hydrogen (secondary N) is 3. The molecule has 1 aromatic carbocycles. The number of aliphatic hydroxyl groups is 1. The van der Waals surface area contributed by atoms with Gasteiger partial charge in [0.05, 0.1) is 12.6 Å². The predicted octanol–water partition coefficient (Wildman–Crippen LogP) is 3.63. The highest BCUT2D eigenvalue weighted by Gasteiger charge is 2.34. The zero-order valence-electron chi connectivity index (χ0n) is 15.6. The summed E-state index contributed by atoms with van der Waals surface area (Å²) in [5, 5.41) is 17.5. The fourth-order valence-electron chi connectivity index (χ4n) is 2.30. The molecule has 152 valence electrons. The Labute approximate surface area is 160 Å². The lowest BCUT2D eigenvalue weighted by molar-refractivity contribution is -0.141. The smallest absolute Gasteiger partial charge is 0.394 e. The average Bonchev–Trinajstić information content (AvgIpc) is 2.59. The molecule has 0 fully saturated rings. The molecule has 1 heterocycles. The zero-order valence-corrected chi connectivity index (χ0v) is 15.6. The number of halogens is 3. The van der Waals surface area contributed by atoms with Crippen molar-refractivity contribution in [3.8, 4) is 0 Å². The molecule has 7 nitrogen and oxygen atoms in total. The number of hydrogen-bond donors (Lipinski definition) is 4. The molecule has 0 spiro atoms. The fourth-order valence-corrected chi connectivity index (χ4v) is 2.30. The Hall–Kier alpha value is -2.88. The maximum atomic E-state index is 13.2. The summed E-state index contributed by atoms with van der Waals surface area (Å²) in [4.78, 5) is 18.6. The van der Waals surface area contributed by atoms with E-state index >= 15 is 0 Å². The summed E-state index contributed by atoms with van der Waals surface area (Å²) in [5.74, 6) is -0.566. The van der Waals surface area contributed by atoms with Crippen molar-refractivity contribution in [2.24, 2.45) is 5.92 Å². The van der Waals surface area contributed by atoms with Crippen LogP contribution >= 0.6 is 0 Å². The van der Waals surface area contributed by atoms with Crippen LogP contribution in [-0.2, 0) is 11.0 Å². The molecule has 0 saturated carbocycles. The number of rotatable bonds is 7. The number of nitrogens with zero attached hydrogens (tertiary/aromatic N) is 2. The summed E-state index contributed by atoms with van der Waals surface area (Å²) in [6, 6.07) is 6.71. The van der Waals surface area contributed by atoms with Crippen molar-refractivity contribution >= 4 is 29.0 Å². The highest BCUT2D eigenvalue weighted by molar-refractivity contribution is 5.88.